The molecule has 2 rings (SSSR count). The van der Waals surface area contributed by atoms with Crippen molar-refractivity contribution in [2.24, 2.45) is 0 Å². The molecular weight excluding hydrogens is 198 g/mol. The van der Waals surface area contributed by atoms with Gasteiger partial charge in [0.15, 0.2) is 0 Å². The van der Waals surface area contributed by atoms with E-state index in [9.17, 15) is 0 Å². The van der Waals surface area contributed by atoms with E-state index in [-0.39, 0.29) is 0 Å². The highest BCUT2D eigenvalue weighted by Gasteiger charge is 2.20. The second-order valence-corrected chi connectivity index (χ2v) is 4.99. The maximum absolute atomic E-state index is 5.70. The molecule has 0 amide bonds. The van der Waals surface area contributed by atoms with Crippen LogP contribution in [0.2, 0.25) is 0 Å². The standard InChI is InChI=1S/C14H25NO/c1-2-15-14(12-6-3-4-7-12)10-9-13-8-5-11-16-13/h6,13-15H,2-5,7-11H2,1H3. The Kier molecular flexibility index (Phi) is 4.86. The minimum absolute atomic E-state index is 0.545. The molecule has 0 radical (unpaired) electrons. The molecule has 1 aliphatic heterocycles. The third kappa shape index (κ3) is 3.33. The van der Waals surface area contributed by atoms with Gasteiger partial charge in [-0.25, -0.2) is 0 Å². The quantitative estimate of drug-likeness (QED) is 0.699. The first-order valence-corrected chi connectivity index (χ1v) is 6.94. The summed E-state index contributed by atoms with van der Waals surface area (Å²) in [7, 11) is 0. The van der Waals surface area contributed by atoms with E-state index < -0.39 is 0 Å². The molecule has 1 N–H and O–H groups in total. The largest absolute Gasteiger partial charge is 0.378 e. The molecule has 2 nitrogen and oxygen atoms in total. The molecule has 0 bridgehead atoms. The first-order valence-electron chi connectivity index (χ1n) is 6.94. The number of nitrogens with one attached hydrogen (secondary N) is 1. The van der Waals surface area contributed by atoms with Crippen molar-refractivity contribution in [1.82, 2.24) is 5.32 Å². The molecule has 0 aromatic rings. The average molecular weight is 223 g/mol. The second kappa shape index (κ2) is 6.41. The lowest BCUT2D eigenvalue weighted by Gasteiger charge is -2.21. The van der Waals surface area contributed by atoms with Crippen molar-refractivity contribution in [3.8, 4) is 0 Å². The molecule has 0 aromatic heterocycles. The summed E-state index contributed by atoms with van der Waals surface area (Å²) >= 11 is 0. The molecule has 16 heavy (non-hydrogen) atoms. The Labute approximate surface area is 99.4 Å². The van der Waals surface area contributed by atoms with E-state index in [0.717, 1.165) is 13.2 Å². The molecule has 0 spiro atoms. The number of likely N-dealkylation sites (N-methyl/N-ethyl adjacent to an activating group) is 1. The topological polar surface area (TPSA) is 21.3 Å². The van der Waals surface area contributed by atoms with Gasteiger partial charge >= 0.3 is 0 Å². The van der Waals surface area contributed by atoms with Gasteiger partial charge in [0.05, 0.1) is 6.10 Å². The van der Waals surface area contributed by atoms with Gasteiger partial charge in [-0.2, -0.15) is 0 Å². The summed E-state index contributed by atoms with van der Waals surface area (Å²) in [5, 5.41) is 3.62. The summed E-state index contributed by atoms with van der Waals surface area (Å²) < 4.78 is 5.70. The fourth-order valence-corrected chi connectivity index (χ4v) is 2.90. The zero-order valence-electron chi connectivity index (χ0n) is 10.5. The van der Waals surface area contributed by atoms with Crippen LogP contribution in [0, 0.1) is 0 Å². The first-order chi connectivity index (χ1) is 7.90. The molecular formula is C14H25NO. The lowest BCUT2D eigenvalue weighted by molar-refractivity contribution is 0.101. The van der Waals surface area contributed by atoms with E-state index in [2.05, 4.69) is 18.3 Å². The van der Waals surface area contributed by atoms with Crippen LogP contribution in [0.3, 0.4) is 0 Å². The highest BCUT2D eigenvalue weighted by molar-refractivity contribution is 5.15. The Hall–Kier alpha value is -0.340. The van der Waals surface area contributed by atoms with Gasteiger partial charge in [-0.05, 0) is 51.5 Å². The SMILES string of the molecule is CCNC(CCC1CCCO1)C1=CCCC1. The van der Waals surface area contributed by atoms with Crippen LogP contribution < -0.4 is 5.32 Å². The van der Waals surface area contributed by atoms with Gasteiger partial charge in [-0.1, -0.05) is 18.6 Å². The van der Waals surface area contributed by atoms with Crippen molar-refractivity contribution in [1.29, 1.82) is 0 Å². The molecule has 2 unspecified atom stereocenters. The maximum Gasteiger partial charge on any atom is 0.0576 e. The van der Waals surface area contributed by atoms with Crippen LogP contribution in [-0.2, 0) is 4.74 Å². The third-order valence-corrected chi connectivity index (χ3v) is 3.78. The van der Waals surface area contributed by atoms with Gasteiger partial charge in [0.2, 0.25) is 0 Å². The number of rotatable bonds is 6. The Morgan fingerprint density at radius 3 is 3.06 bits per heavy atom. The highest BCUT2D eigenvalue weighted by Crippen LogP contribution is 2.25. The molecule has 0 saturated carbocycles. The van der Waals surface area contributed by atoms with Gasteiger partial charge < -0.3 is 10.1 Å². The van der Waals surface area contributed by atoms with E-state index in [4.69, 9.17) is 4.74 Å². The molecule has 1 aliphatic carbocycles. The summed E-state index contributed by atoms with van der Waals surface area (Å²) in [5.74, 6) is 0. The Morgan fingerprint density at radius 1 is 1.50 bits per heavy atom. The lowest BCUT2D eigenvalue weighted by atomic mass is 9.98. The van der Waals surface area contributed by atoms with Gasteiger partial charge in [0, 0.05) is 12.6 Å². The monoisotopic (exact) mass is 223 g/mol. The van der Waals surface area contributed by atoms with E-state index in [1.807, 2.05) is 0 Å². The second-order valence-electron chi connectivity index (χ2n) is 4.99. The third-order valence-electron chi connectivity index (χ3n) is 3.78. The van der Waals surface area contributed by atoms with Crippen molar-refractivity contribution >= 4 is 0 Å². The first kappa shape index (κ1) is 12.1. The van der Waals surface area contributed by atoms with Crippen LogP contribution in [0.4, 0.5) is 0 Å². The molecule has 1 saturated heterocycles. The molecule has 92 valence electrons. The normalized spacial score (nSPS) is 27.1. The fraction of sp³-hybridized carbons (Fsp3) is 0.857. The minimum atomic E-state index is 0.545. The summed E-state index contributed by atoms with van der Waals surface area (Å²) in [5.41, 5.74) is 1.65. The van der Waals surface area contributed by atoms with Crippen LogP contribution >= 0.6 is 0 Å². The van der Waals surface area contributed by atoms with E-state index >= 15 is 0 Å². The van der Waals surface area contributed by atoms with E-state index in [0.29, 0.717) is 12.1 Å². The molecule has 0 aromatic carbocycles. The van der Waals surface area contributed by atoms with Crippen LogP contribution in [0.25, 0.3) is 0 Å². The van der Waals surface area contributed by atoms with Crippen molar-refractivity contribution in [2.75, 3.05) is 13.2 Å². The Bertz CT molecular complexity index is 231. The van der Waals surface area contributed by atoms with Crippen molar-refractivity contribution in [3.63, 3.8) is 0 Å². The maximum atomic E-state index is 5.70. The lowest BCUT2D eigenvalue weighted by Crippen LogP contribution is -2.31. The molecule has 1 heterocycles. The van der Waals surface area contributed by atoms with Crippen LogP contribution in [0.1, 0.15) is 51.9 Å². The summed E-state index contributed by atoms with van der Waals surface area (Å²) in [6, 6.07) is 0.622. The fourth-order valence-electron chi connectivity index (χ4n) is 2.90. The number of ether oxygens (including phenoxy) is 1. The van der Waals surface area contributed by atoms with Gasteiger partial charge in [-0.15, -0.1) is 0 Å². The Morgan fingerprint density at radius 2 is 2.44 bits per heavy atom. The number of hydrogen-bond acceptors (Lipinski definition) is 2. The molecule has 2 aliphatic rings. The zero-order valence-corrected chi connectivity index (χ0v) is 10.5. The predicted octanol–water partition coefficient (Wildman–Crippen LogP) is 3.03. The van der Waals surface area contributed by atoms with Crippen molar-refractivity contribution < 1.29 is 4.74 Å². The predicted molar refractivity (Wildman–Crippen MR) is 67.6 cm³/mol. The molecule has 1 fully saturated rings. The van der Waals surface area contributed by atoms with Crippen LogP contribution in [0.15, 0.2) is 11.6 Å². The summed E-state index contributed by atoms with van der Waals surface area (Å²) in [6.45, 7) is 4.27. The smallest absolute Gasteiger partial charge is 0.0576 e. The molecule has 2 atom stereocenters. The minimum Gasteiger partial charge on any atom is -0.378 e. The number of allylic oxidation sites excluding steroid dienone is 1. The summed E-state index contributed by atoms with van der Waals surface area (Å²) in [4.78, 5) is 0. The highest BCUT2D eigenvalue weighted by atomic mass is 16.5. The Balaban J connectivity index is 1.77. The van der Waals surface area contributed by atoms with Crippen LogP contribution in [-0.4, -0.2) is 25.3 Å². The van der Waals surface area contributed by atoms with E-state index in [1.54, 1.807) is 5.57 Å². The van der Waals surface area contributed by atoms with Crippen molar-refractivity contribution in [2.45, 2.75) is 64.0 Å². The summed E-state index contributed by atoms with van der Waals surface area (Å²) in [6.07, 6.45) is 12.0. The number of hydrogen-bond donors (Lipinski definition) is 1. The van der Waals surface area contributed by atoms with Gasteiger partial charge in [0.25, 0.3) is 0 Å². The van der Waals surface area contributed by atoms with Crippen molar-refractivity contribution in [3.05, 3.63) is 11.6 Å². The van der Waals surface area contributed by atoms with Gasteiger partial charge in [-0.3, -0.25) is 0 Å². The van der Waals surface area contributed by atoms with E-state index in [1.165, 1.54) is 44.9 Å². The van der Waals surface area contributed by atoms with Crippen LogP contribution in [0.5, 0.6) is 0 Å². The van der Waals surface area contributed by atoms with Gasteiger partial charge in [0.1, 0.15) is 0 Å². The molecule has 2 heteroatoms. The average Bonchev–Trinajstić information content (AvgIpc) is 2.96. The zero-order chi connectivity index (χ0) is 11.2.